The molecule has 1 N–H and O–H groups in total. The highest BCUT2D eigenvalue weighted by Crippen LogP contribution is 2.29. The van der Waals surface area contributed by atoms with Crippen LogP contribution in [0, 0.1) is 10.3 Å². The maximum Gasteiger partial charge on any atom is 0.419 e. The molecule has 1 aromatic rings. The summed E-state index contributed by atoms with van der Waals surface area (Å²) in [6.07, 6.45) is -3.20. The summed E-state index contributed by atoms with van der Waals surface area (Å²) < 4.78 is 47.6. The summed E-state index contributed by atoms with van der Waals surface area (Å²) in [6.45, 7) is 0. The monoisotopic (exact) mass is 197 g/mol. The minimum atomic E-state index is -4.60. The Morgan fingerprint density at radius 1 is 1.25 bits per heavy atom. The molecule has 0 saturated carbocycles. The molecule has 66 valence electrons. The summed E-state index contributed by atoms with van der Waals surface area (Å²) in [7, 11) is 0. The Labute approximate surface area is 70.0 Å². The molecule has 0 aliphatic carbocycles. The van der Waals surface area contributed by atoms with Crippen LogP contribution in [0.3, 0.4) is 0 Å². The molecule has 0 saturated heterocycles. The molecule has 1 aromatic heterocycles. The Morgan fingerprint density at radius 3 is 2.25 bits per heavy atom. The van der Waals surface area contributed by atoms with E-state index in [0.717, 1.165) is 6.20 Å². The van der Waals surface area contributed by atoms with Gasteiger partial charge in [-0.25, -0.2) is 4.39 Å². The zero-order valence-electron chi connectivity index (χ0n) is 5.57. The molecule has 1 heterocycles. The van der Waals surface area contributed by atoms with Gasteiger partial charge in [-0.3, -0.25) is 0 Å². The molecule has 0 aromatic carbocycles. The van der Waals surface area contributed by atoms with Gasteiger partial charge in [0.1, 0.15) is 0 Å². The molecule has 6 heteroatoms. The lowest BCUT2D eigenvalue weighted by molar-refractivity contribution is -0.138. The van der Waals surface area contributed by atoms with Crippen LogP contribution in [0.25, 0.3) is 0 Å². The van der Waals surface area contributed by atoms with E-state index in [2.05, 4.69) is 12.2 Å². The van der Waals surface area contributed by atoms with Crippen molar-refractivity contribution >= 4 is 12.2 Å². The van der Waals surface area contributed by atoms with E-state index in [1.54, 1.807) is 0 Å². The Kier molecular flexibility index (Phi) is 2.18. The highest BCUT2D eigenvalue weighted by molar-refractivity contribution is 7.71. The lowest BCUT2D eigenvalue weighted by atomic mass is 10.3. The van der Waals surface area contributed by atoms with Crippen LogP contribution < -0.4 is 0 Å². The van der Waals surface area contributed by atoms with Crippen LogP contribution in [0.2, 0.25) is 0 Å². The van der Waals surface area contributed by atoms with E-state index in [-0.39, 0.29) is 0 Å². The molecule has 0 atom stereocenters. The van der Waals surface area contributed by atoms with Crippen LogP contribution in [-0.2, 0) is 6.18 Å². The molecule has 12 heavy (non-hydrogen) atoms. The van der Waals surface area contributed by atoms with Crippen LogP contribution in [-0.4, -0.2) is 4.98 Å². The van der Waals surface area contributed by atoms with Gasteiger partial charge in [-0.15, -0.1) is 0 Å². The first-order valence-corrected chi connectivity index (χ1v) is 3.27. The first-order chi connectivity index (χ1) is 5.43. The van der Waals surface area contributed by atoms with Gasteiger partial charge in [0.2, 0.25) is 0 Å². The zero-order valence-corrected chi connectivity index (χ0v) is 6.39. The number of aromatic nitrogens is 1. The van der Waals surface area contributed by atoms with Gasteiger partial charge in [0.25, 0.3) is 0 Å². The van der Waals surface area contributed by atoms with Gasteiger partial charge in [0.05, 0.1) is 10.1 Å². The number of rotatable bonds is 0. The second-order valence-electron chi connectivity index (χ2n) is 2.04. The van der Waals surface area contributed by atoms with E-state index in [1.165, 1.54) is 0 Å². The molecule has 0 radical (unpaired) electrons. The first-order valence-electron chi connectivity index (χ1n) is 2.86. The number of alkyl halides is 3. The molecule has 0 aliphatic rings. The Balaban J connectivity index is 3.37. The minimum Gasteiger partial charge on any atom is -0.365 e. The van der Waals surface area contributed by atoms with Crippen molar-refractivity contribution in [2.24, 2.45) is 0 Å². The van der Waals surface area contributed by atoms with Crippen molar-refractivity contribution in [2.45, 2.75) is 6.18 Å². The predicted octanol–water partition coefficient (Wildman–Crippen LogP) is 2.90. The van der Waals surface area contributed by atoms with Crippen LogP contribution >= 0.6 is 12.2 Å². The van der Waals surface area contributed by atoms with Gasteiger partial charge in [0, 0.05) is 12.4 Å². The van der Waals surface area contributed by atoms with E-state index in [1.807, 2.05) is 4.98 Å². The average Bonchev–Trinajstić information content (AvgIpc) is 1.92. The van der Waals surface area contributed by atoms with Crippen molar-refractivity contribution in [3.05, 3.63) is 28.3 Å². The van der Waals surface area contributed by atoms with Crippen LogP contribution in [0.15, 0.2) is 12.4 Å². The molecule has 0 aliphatic heterocycles. The first kappa shape index (κ1) is 9.18. The maximum absolute atomic E-state index is 12.5. The predicted molar refractivity (Wildman–Crippen MR) is 36.6 cm³/mol. The van der Waals surface area contributed by atoms with Crippen molar-refractivity contribution in [1.82, 2.24) is 4.98 Å². The molecule has 0 bridgehead atoms. The summed E-state index contributed by atoms with van der Waals surface area (Å²) in [5, 5.41) is 0. The Bertz CT molecular complexity index is 340. The fourth-order valence-electron chi connectivity index (χ4n) is 0.668. The summed E-state index contributed by atoms with van der Waals surface area (Å²) in [6, 6.07) is 0. The molecule has 1 rings (SSSR count). The van der Waals surface area contributed by atoms with Gasteiger partial charge in [-0.2, -0.15) is 13.2 Å². The molecular weight excluding hydrogens is 194 g/mol. The number of pyridine rings is 1. The summed E-state index contributed by atoms with van der Waals surface area (Å²) in [5.74, 6) is -1.07. The highest BCUT2D eigenvalue weighted by atomic mass is 32.1. The lowest BCUT2D eigenvalue weighted by Gasteiger charge is -2.05. The van der Waals surface area contributed by atoms with Gasteiger partial charge in [-0.05, 0) is 0 Å². The van der Waals surface area contributed by atoms with Gasteiger partial charge >= 0.3 is 6.18 Å². The lowest BCUT2D eigenvalue weighted by Crippen LogP contribution is -2.07. The van der Waals surface area contributed by atoms with E-state index in [4.69, 9.17) is 0 Å². The third-order valence-corrected chi connectivity index (χ3v) is 1.62. The van der Waals surface area contributed by atoms with Gasteiger partial charge in [0.15, 0.2) is 5.82 Å². The largest absolute Gasteiger partial charge is 0.419 e. The molecular formula is C6H3F4NS. The van der Waals surface area contributed by atoms with Crippen LogP contribution in [0.5, 0.6) is 0 Å². The smallest absolute Gasteiger partial charge is 0.365 e. The highest BCUT2D eigenvalue weighted by Gasteiger charge is 2.32. The third-order valence-electron chi connectivity index (χ3n) is 1.20. The molecule has 0 spiro atoms. The SMILES string of the molecule is Fc1c[nH]cc(C(F)(F)F)c1=S. The third kappa shape index (κ3) is 1.63. The summed E-state index contributed by atoms with van der Waals surface area (Å²) in [5.41, 5.74) is -1.16. The van der Waals surface area contributed by atoms with E-state index < -0.39 is 22.1 Å². The fourth-order valence-corrected chi connectivity index (χ4v) is 0.902. The summed E-state index contributed by atoms with van der Waals surface area (Å²) in [4.78, 5) is 2.01. The second-order valence-corrected chi connectivity index (χ2v) is 2.45. The van der Waals surface area contributed by atoms with Gasteiger partial charge < -0.3 is 4.98 Å². The van der Waals surface area contributed by atoms with E-state index >= 15 is 0 Å². The molecule has 0 unspecified atom stereocenters. The molecule has 0 amide bonds. The maximum atomic E-state index is 12.5. The van der Waals surface area contributed by atoms with Crippen molar-refractivity contribution < 1.29 is 17.6 Å². The topological polar surface area (TPSA) is 15.8 Å². The Morgan fingerprint density at radius 2 is 1.83 bits per heavy atom. The number of halogens is 4. The van der Waals surface area contributed by atoms with E-state index in [9.17, 15) is 17.6 Å². The number of H-pyrrole nitrogens is 1. The van der Waals surface area contributed by atoms with E-state index in [0.29, 0.717) is 6.20 Å². The van der Waals surface area contributed by atoms with Crippen molar-refractivity contribution in [2.75, 3.05) is 0 Å². The van der Waals surface area contributed by atoms with Crippen molar-refractivity contribution in [3.63, 3.8) is 0 Å². The minimum absolute atomic E-state index is 0.630. The molecule has 0 fully saturated rings. The fraction of sp³-hybridized carbons (Fsp3) is 0.167. The second kappa shape index (κ2) is 2.85. The number of hydrogen-bond acceptors (Lipinski definition) is 1. The standard InChI is InChI=1S/C6H3F4NS/c7-4-2-11-1-3(5(4)12)6(8,9)10/h1-2H,(H,11,12). The quantitative estimate of drug-likeness (QED) is 0.499. The Hall–Kier alpha value is -0.910. The van der Waals surface area contributed by atoms with Crippen molar-refractivity contribution in [3.8, 4) is 0 Å². The average molecular weight is 197 g/mol. The number of aromatic amines is 1. The summed E-state index contributed by atoms with van der Waals surface area (Å²) >= 11 is 4.23. The number of nitrogens with one attached hydrogen (secondary N) is 1. The van der Waals surface area contributed by atoms with Crippen molar-refractivity contribution in [1.29, 1.82) is 0 Å². The van der Waals surface area contributed by atoms with Gasteiger partial charge in [-0.1, -0.05) is 12.2 Å². The van der Waals surface area contributed by atoms with Crippen LogP contribution in [0.1, 0.15) is 5.56 Å². The normalized spacial score (nSPS) is 11.7. The zero-order chi connectivity index (χ0) is 9.35. The van der Waals surface area contributed by atoms with Crippen LogP contribution in [0.4, 0.5) is 17.6 Å². The molecule has 1 nitrogen and oxygen atoms in total. The number of hydrogen-bond donors (Lipinski definition) is 1.